The largest absolute Gasteiger partial charge is 0.394 e. The minimum atomic E-state index is -0.373. The molecular formula is C11H20N2O2S. The van der Waals surface area contributed by atoms with Gasteiger partial charge in [-0.2, -0.15) is 0 Å². The number of carbonyl (C=O) groups is 1. The van der Waals surface area contributed by atoms with E-state index in [1.54, 1.807) is 4.90 Å². The number of nitrogens with zero attached hydrogens (tertiary/aromatic N) is 1. The zero-order chi connectivity index (χ0) is 12.1. The van der Waals surface area contributed by atoms with Crippen molar-refractivity contribution in [3.8, 4) is 0 Å². The first-order valence-corrected chi connectivity index (χ1v) is 6.23. The topological polar surface area (TPSA) is 66.6 Å². The Morgan fingerprint density at radius 1 is 1.62 bits per heavy atom. The van der Waals surface area contributed by atoms with Crippen molar-refractivity contribution in [2.75, 3.05) is 13.2 Å². The molecule has 0 radical (unpaired) electrons. The number of thiocarbonyl (C=S) groups is 1. The molecule has 0 aromatic carbocycles. The van der Waals surface area contributed by atoms with Crippen molar-refractivity contribution >= 4 is 23.1 Å². The number of likely N-dealkylation sites (tertiary alicyclic amines) is 1. The standard InChI is InChI=1S/C11H20N2O2S/c1-2-9(10(12)16)11(15)13-6-4-3-5-8(13)7-14/h8-9,14H,2-7H2,1H3,(H2,12,16). The summed E-state index contributed by atoms with van der Waals surface area (Å²) in [7, 11) is 0. The maximum absolute atomic E-state index is 12.2. The average Bonchev–Trinajstić information content (AvgIpc) is 2.29. The van der Waals surface area contributed by atoms with E-state index in [9.17, 15) is 9.90 Å². The van der Waals surface area contributed by atoms with Gasteiger partial charge in [0.15, 0.2) is 0 Å². The van der Waals surface area contributed by atoms with Crippen LogP contribution in [0.25, 0.3) is 0 Å². The van der Waals surface area contributed by atoms with Gasteiger partial charge in [-0.3, -0.25) is 4.79 Å². The van der Waals surface area contributed by atoms with E-state index in [2.05, 4.69) is 0 Å². The van der Waals surface area contributed by atoms with Crippen LogP contribution in [-0.2, 0) is 4.79 Å². The van der Waals surface area contributed by atoms with Gasteiger partial charge in [0, 0.05) is 6.54 Å². The maximum Gasteiger partial charge on any atom is 0.232 e. The van der Waals surface area contributed by atoms with Crippen molar-refractivity contribution in [2.45, 2.75) is 38.6 Å². The fourth-order valence-corrected chi connectivity index (χ4v) is 2.45. The van der Waals surface area contributed by atoms with Crippen LogP contribution in [0.2, 0.25) is 0 Å². The lowest BCUT2D eigenvalue weighted by atomic mass is 9.98. The molecule has 2 atom stereocenters. The summed E-state index contributed by atoms with van der Waals surface area (Å²) in [6.45, 7) is 2.64. The SMILES string of the molecule is CCC(C(=O)N1CCCCC1CO)C(N)=S. The number of carbonyl (C=O) groups excluding carboxylic acids is 1. The van der Waals surface area contributed by atoms with Crippen LogP contribution in [0.1, 0.15) is 32.6 Å². The van der Waals surface area contributed by atoms with Crippen molar-refractivity contribution in [2.24, 2.45) is 11.7 Å². The molecule has 1 amide bonds. The molecule has 0 aromatic heterocycles. The molecule has 1 rings (SSSR count). The molecule has 5 heteroatoms. The van der Waals surface area contributed by atoms with Gasteiger partial charge in [0.1, 0.15) is 0 Å². The molecule has 0 aromatic rings. The summed E-state index contributed by atoms with van der Waals surface area (Å²) in [5.41, 5.74) is 5.56. The zero-order valence-electron chi connectivity index (χ0n) is 9.69. The van der Waals surface area contributed by atoms with Crippen LogP contribution in [0.3, 0.4) is 0 Å². The van der Waals surface area contributed by atoms with E-state index in [1.165, 1.54) is 0 Å². The second kappa shape index (κ2) is 6.15. The molecular weight excluding hydrogens is 224 g/mol. The monoisotopic (exact) mass is 244 g/mol. The molecule has 1 fully saturated rings. The van der Waals surface area contributed by atoms with Crippen molar-refractivity contribution in [1.29, 1.82) is 0 Å². The van der Waals surface area contributed by atoms with E-state index in [0.717, 1.165) is 19.3 Å². The van der Waals surface area contributed by atoms with Crippen LogP contribution >= 0.6 is 12.2 Å². The molecule has 0 bridgehead atoms. The summed E-state index contributed by atoms with van der Waals surface area (Å²) in [5.74, 6) is -0.393. The minimum absolute atomic E-state index is 0.0197. The van der Waals surface area contributed by atoms with Crippen LogP contribution in [-0.4, -0.2) is 40.1 Å². The Labute approximate surface area is 102 Å². The highest BCUT2D eigenvalue weighted by molar-refractivity contribution is 7.80. The third-order valence-electron chi connectivity index (χ3n) is 3.17. The summed E-state index contributed by atoms with van der Waals surface area (Å²) >= 11 is 4.90. The Kier molecular flexibility index (Phi) is 5.15. The first kappa shape index (κ1) is 13.4. The van der Waals surface area contributed by atoms with Gasteiger partial charge < -0.3 is 15.7 Å². The molecule has 3 N–H and O–H groups in total. The highest BCUT2D eigenvalue weighted by Crippen LogP contribution is 2.20. The lowest BCUT2D eigenvalue weighted by molar-refractivity contribution is -0.138. The molecule has 1 heterocycles. The van der Waals surface area contributed by atoms with E-state index in [4.69, 9.17) is 18.0 Å². The average molecular weight is 244 g/mol. The summed E-state index contributed by atoms with van der Waals surface area (Å²) in [6.07, 6.45) is 3.56. The maximum atomic E-state index is 12.2. The molecule has 92 valence electrons. The van der Waals surface area contributed by atoms with Crippen LogP contribution in [0.15, 0.2) is 0 Å². The second-order valence-electron chi connectivity index (χ2n) is 4.23. The fraction of sp³-hybridized carbons (Fsp3) is 0.818. The Morgan fingerprint density at radius 3 is 2.81 bits per heavy atom. The molecule has 4 nitrogen and oxygen atoms in total. The first-order chi connectivity index (χ1) is 7.61. The van der Waals surface area contributed by atoms with Crippen molar-refractivity contribution < 1.29 is 9.90 Å². The molecule has 1 saturated heterocycles. The van der Waals surface area contributed by atoms with Gasteiger partial charge >= 0.3 is 0 Å². The van der Waals surface area contributed by atoms with Crippen LogP contribution < -0.4 is 5.73 Å². The smallest absolute Gasteiger partial charge is 0.232 e. The zero-order valence-corrected chi connectivity index (χ0v) is 10.5. The normalized spacial score (nSPS) is 22.9. The van der Waals surface area contributed by atoms with E-state index < -0.39 is 0 Å². The Balaban J connectivity index is 2.73. The van der Waals surface area contributed by atoms with Gasteiger partial charge in [-0.15, -0.1) is 0 Å². The number of rotatable bonds is 4. The summed E-state index contributed by atoms with van der Waals surface area (Å²) in [6, 6.07) is -0.0513. The van der Waals surface area contributed by atoms with E-state index in [-0.39, 0.29) is 29.5 Å². The summed E-state index contributed by atoms with van der Waals surface area (Å²) in [5, 5.41) is 9.25. The second-order valence-corrected chi connectivity index (χ2v) is 4.70. The Bertz CT molecular complexity index is 271. The number of nitrogens with two attached hydrogens (primary N) is 1. The van der Waals surface area contributed by atoms with Crippen LogP contribution in [0, 0.1) is 5.92 Å². The molecule has 16 heavy (non-hydrogen) atoms. The summed E-state index contributed by atoms with van der Waals surface area (Å²) < 4.78 is 0. The predicted octanol–water partition coefficient (Wildman–Crippen LogP) is 0.672. The quantitative estimate of drug-likeness (QED) is 0.713. The minimum Gasteiger partial charge on any atom is -0.394 e. The Hall–Kier alpha value is -0.680. The first-order valence-electron chi connectivity index (χ1n) is 5.82. The number of hydrogen-bond acceptors (Lipinski definition) is 3. The molecule has 0 spiro atoms. The predicted molar refractivity (Wildman–Crippen MR) is 67.0 cm³/mol. The van der Waals surface area contributed by atoms with Crippen LogP contribution in [0.4, 0.5) is 0 Å². The van der Waals surface area contributed by atoms with Crippen molar-refractivity contribution in [3.63, 3.8) is 0 Å². The molecule has 1 aliphatic heterocycles. The van der Waals surface area contributed by atoms with E-state index >= 15 is 0 Å². The highest BCUT2D eigenvalue weighted by atomic mass is 32.1. The lowest BCUT2D eigenvalue weighted by Gasteiger charge is -2.36. The molecule has 0 aliphatic carbocycles. The number of amides is 1. The van der Waals surface area contributed by atoms with Crippen molar-refractivity contribution in [1.82, 2.24) is 4.90 Å². The van der Waals surface area contributed by atoms with Crippen molar-refractivity contribution in [3.05, 3.63) is 0 Å². The van der Waals surface area contributed by atoms with Gasteiger partial charge in [-0.25, -0.2) is 0 Å². The molecule has 0 saturated carbocycles. The number of aliphatic hydroxyl groups excluding tert-OH is 1. The van der Waals surface area contributed by atoms with E-state index in [1.807, 2.05) is 6.92 Å². The lowest BCUT2D eigenvalue weighted by Crippen LogP contribution is -2.50. The summed E-state index contributed by atoms with van der Waals surface area (Å²) in [4.78, 5) is 14.2. The molecule has 1 aliphatic rings. The van der Waals surface area contributed by atoms with Gasteiger partial charge in [-0.1, -0.05) is 19.1 Å². The number of aliphatic hydroxyl groups is 1. The number of piperidine rings is 1. The molecule has 2 unspecified atom stereocenters. The highest BCUT2D eigenvalue weighted by Gasteiger charge is 2.31. The third kappa shape index (κ3) is 2.92. The van der Waals surface area contributed by atoms with Gasteiger partial charge in [0.05, 0.1) is 23.6 Å². The fourth-order valence-electron chi connectivity index (χ4n) is 2.18. The Morgan fingerprint density at radius 2 is 2.31 bits per heavy atom. The van der Waals surface area contributed by atoms with Gasteiger partial charge in [-0.05, 0) is 25.7 Å². The van der Waals surface area contributed by atoms with Gasteiger partial charge in [0.25, 0.3) is 0 Å². The third-order valence-corrected chi connectivity index (χ3v) is 3.46. The van der Waals surface area contributed by atoms with Crippen LogP contribution in [0.5, 0.6) is 0 Å². The van der Waals surface area contributed by atoms with E-state index in [0.29, 0.717) is 13.0 Å². The van der Waals surface area contributed by atoms with Gasteiger partial charge in [0.2, 0.25) is 5.91 Å². The number of hydrogen-bond donors (Lipinski definition) is 2.